The van der Waals surface area contributed by atoms with Crippen molar-refractivity contribution >= 4 is 5.91 Å². The van der Waals surface area contributed by atoms with Gasteiger partial charge in [0.05, 0.1) is 0 Å². The lowest BCUT2D eigenvalue weighted by molar-refractivity contribution is -0.121. The molecule has 1 atom stereocenters. The number of hydrogen-bond donors (Lipinski definition) is 1. The van der Waals surface area contributed by atoms with Gasteiger partial charge in [-0.15, -0.1) is 0 Å². The van der Waals surface area contributed by atoms with Crippen molar-refractivity contribution in [2.75, 3.05) is 6.54 Å². The normalized spacial score (nSPS) is 12.1. The molecule has 1 amide bonds. The Morgan fingerprint density at radius 3 is 3.00 bits per heavy atom. The highest BCUT2D eigenvalue weighted by Crippen LogP contribution is 2.19. The van der Waals surface area contributed by atoms with Gasteiger partial charge in [-0.3, -0.25) is 4.79 Å². The molecule has 1 aromatic rings. The van der Waals surface area contributed by atoms with Gasteiger partial charge in [-0.05, 0) is 43.0 Å². The predicted molar refractivity (Wildman–Crippen MR) is 60.4 cm³/mol. The summed E-state index contributed by atoms with van der Waals surface area (Å²) in [6.07, 6.45) is 1.45. The van der Waals surface area contributed by atoms with Crippen molar-refractivity contribution in [3.8, 4) is 0 Å². The third-order valence-electron chi connectivity index (χ3n) is 2.39. The molecule has 0 saturated carbocycles. The lowest BCUT2D eigenvalue weighted by Crippen LogP contribution is -2.22. The molecule has 2 heteroatoms. The molecule has 2 radical (unpaired) electrons. The molecule has 1 aromatic carbocycles. The van der Waals surface area contributed by atoms with E-state index in [1.165, 1.54) is 0 Å². The van der Waals surface area contributed by atoms with Crippen LogP contribution in [0.4, 0.5) is 0 Å². The van der Waals surface area contributed by atoms with E-state index in [2.05, 4.69) is 24.4 Å². The highest BCUT2D eigenvalue weighted by Gasteiger charge is 2.07. The Hall–Kier alpha value is -1.31. The number of carbonyl (C=O) groups is 1. The van der Waals surface area contributed by atoms with E-state index in [9.17, 15) is 4.79 Å². The van der Waals surface area contributed by atoms with Crippen molar-refractivity contribution in [2.24, 2.45) is 0 Å². The molecule has 0 aliphatic carbocycles. The van der Waals surface area contributed by atoms with Crippen LogP contribution in [0.5, 0.6) is 0 Å². The van der Waals surface area contributed by atoms with Crippen LogP contribution in [-0.4, -0.2) is 12.5 Å². The van der Waals surface area contributed by atoms with Crippen molar-refractivity contribution in [3.63, 3.8) is 0 Å². The van der Waals surface area contributed by atoms with E-state index in [1.54, 1.807) is 6.07 Å². The second kappa shape index (κ2) is 6.23. The molecule has 0 spiro atoms. The van der Waals surface area contributed by atoms with Crippen LogP contribution in [0.25, 0.3) is 0 Å². The average Bonchev–Trinajstić information content (AvgIpc) is 2.27. The van der Waals surface area contributed by atoms with Gasteiger partial charge in [-0.1, -0.05) is 19.1 Å². The zero-order chi connectivity index (χ0) is 11.1. The SMILES string of the molecule is CCNC(=O)CCC(C)c1[c]c[c]cc1. The van der Waals surface area contributed by atoms with Crippen LogP contribution >= 0.6 is 0 Å². The average molecular weight is 203 g/mol. The molecule has 1 N–H and O–H groups in total. The van der Waals surface area contributed by atoms with Gasteiger partial charge < -0.3 is 5.32 Å². The van der Waals surface area contributed by atoms with Crippen molar-refractivity contribution < 1.29 is 4.79 Å². The fourth-order valence-corrected chi connectivity index (χ4v) is 1.45. The first-order chi connectivity index (χ1) is 7.24. The van der Waals surface area contributed by atoms with E-state index in [0.29, 0.717) is 18.9 Å². The first-order valence-corrected chi connectivity index (χ1v) is 5.38. The Morgan fingerprint density at radius 1 is 1.60 bits per heavy atom. The summed E-state index contributed by atoms with van der Waals surface area (Å²) in [7, 11) is 0. The van der Waals surface area contributed by atoms with E-state index in [4.69, 9.17) is 0 Å². The van der Waals surface area contributed by atoms with Gasteiger partial charge in [0.15, 0.2) is 0 Å². The molecule has 1 rings (SSSR count). The minimum atomic E-state index is 0.131. The van der Waals surface area contributed by atoms with Gasteiger partial charge in [0.1, 0.15) is 0 Å². The molecule has 2 nitrogen and oxygen atoms in total. The van der Waals surface area contributed by atoms with E-state index in [1.807, 2.05) is 19.1 Å². The topological polar surface area (TPSA) is 29.1 Å². The molecule has 80 valence electrons. The highest BCUT2D eigenvalue weighted by atomic mass is 16.1. The van der Waals surface area contributed by atoms with Gasteiger partial charge >= 0.3 is 0 Å². The second-order valence-corrected chi connectivity index (χ2v) is 3.64. The second-order valence-electron chi connectivity index (χ2n) is 3.64. The first-order valence-electron chi connectivity index (χ1n) is 5.38. The molecule has 0 aromatic heterocycles. The van der Waals surface area contributed by atoms with Crippen molar-refractivity contribution in [2.45, 2.75) is 32.6 Å². The quantitative estimate of drug-likeness (QED) is 0.781. The van der Waals surface area contributed by atoms with Crippen molar-refractivity contribution in [1.82, 2.24) is 5.32 Å². The van der Waals surface area contributed by atoms with E-state index in [-0.39, 0.29) is 5.91 Å². The molecule has 0 aliphatic rings. The zero-order valence-corrected chi connectivity index (χ0v) is 9.34. The van der Waals surface area contributed by atoms with Crippen LogP contribution in [0, 0.1) is 12.1 Å². The zero-order valence-electron chi connectivity index (χ0n) is 9.34. The fourth-order valence-electron chi connectivity index (χ4n) is 1.45. The molecule has 1 unspecified atom stereocenters. The maximum Gasteiger partial charge on any atom is 0.220 e. The number of hydrogen-bond acceptors (Lipinski definition) is 1. The largest absolute Gasteiger partial charge is 0.356 e. The smallest absolute Gasteiger partial charge is 0.220 e. The third-order valence-corrected chi connectivity index (χ3v) is 2.39. The van der Waals surface area contributed by atoms with Gasteiger partial charge in [0, 0.05) is 13.0 Å². The van der Waals surface area contributed by atoms with Crippen LogP contribution in [0.2, 0.25) is 0 Å². The number of rotatable bonds is 5. The summed E-state index contributed by atoms with van der Waals surface area (Å²) in [6, 6.07) is 11.7. The number of nitrogens with one attached hydrogen (secondary N) is 1. The van der Waals surface area contributed by atoms with Crippen LogP contribution in [0.15, 0.2) is 18.2 Å². The van der Waals surface area contributed by atoms with Gasteiger partial charge in [-0.2, -0.15) is 0 Å². The number of benzene rings is 1. The first kappa shape index (κ1) is 11.8. The Kier molecular flexibility index (Phi) is 4.88. The molecular weight excluding hydrogens is 186 g/mol. The Labute approximate surface area is 91.7 Å². The molecule has 15 heavy (non-hydrogen) atoms. The summed E-state index contributed by atoms with van der Waals surface area (Å²) in [4.78, 5) is 11.3. The summed E-state index contributed by atoms with van der Waals surface area (Å²) in [5.41, 5.74) is 1.15. The summed E-state index contributed by atoms with van der Waals surface area (Å²) < 4.78 is 0. The van der Waals surface area contributed by atoms with Crippen LogP contribution < -0.4 is 5.32 Å². The monoisotopic (exact) mass is 203 g/mol. The summed E-state index contributed by atoms with van der Waals surface area (Å²) in [5.74, 6) is 0.508. The summed E-state index contributed by atoms with van der Waals surface area (Å²) >= 11 is 0. The van der Waals surface area contributed by atoms with Crippen LogP contribution in [0.1, 0.15) is 38.2 Å². The Balaban J connectivity index is 2.37. The Morgan fingerprint density at radius 2 is 2.40 bits per heavy atom. The van der Waals surface area contributed by atoms with Gasteiger partial charge in [-0.25, -0.2) is 0 Å². The van der Waals surface area contributed by atoms with Gasteiger partial charge in [0.25, 0.3) is 0 Å². The molecular formula is C13H17NO. The van der Waals surface area contributed by atoms with E-state index >= 15 is 0 Å². The lowest BCUT2D eigenvalue weighted by atomic mass is 9.96. The van der Waals surface area contributed by atoms with E-state index in [0.717, 1.165) is 12.0 Å². The number of amides is 1. The summed E-state index contributed by atoms with van der Waals surface area (Å²) in [5, 5.41) is 2.80. The van der Waals surface area contributed by atoms with Crippen molar-refractivity contribution in [3.05, 3.63) is 35.9 Å². The predicted octanol–water partition coefficient (Wildman–Crippen LogP) is 2.31. The van der Waals surface area contributed by atoms with E-state index < -0.39 is 0 Å². The molecule has 0 aliphatic heterocycles. The fraction of sp³-hybridized carbons (Fsp3) is 0.462. The van der Waals surface area contributed by atoms with Gasteiger partial charge in [0.2, 0.25) is 5.91 Å². The standard InChI is InChI=1S/C13H17NO/c1-3-14-13(15)10-9-11(2)12-7-5-4-6-8-12/h5-7,11H,3,9-10H2,1-2H3,(H,14,15). The van der Waals surface area contributed by atoms with Crippen molar-refractivity contribution in [1.29, 1.82) is 0 Å². The summed E-state index contributed by atoms with van der Waals surface area (Å²) in [6.45, 7) is 4.76. The molecule has 0 heterocycles. The lowest BCUT2D eigenvalue weighted by Gasteiger charge is -2.10. The highest BCUT2D eigenvalue weighted by molar-refractivity contribution is 5.75. The minimum Gasteiger partial charge on any atom is -0.356 e. The number of carbonyl (C=O) groups excluding carboxylic acids is 1. The van der Waals surface area contributed by atoms with Crippen LogP contribution in [0.3, 0.4) is 0 Å². The van der Waals surface area contributed by atoms with Crippen LogP contribution in [-0.2, 0) is 4.79 Å². The minimum absolute atomic E-state index is 0.131. The Bertz CT molecular complexity index is 295. The molecule has 0 saturated heterocycles. The maximum absolute atomic E-state index is 11.3. The molecule has 0 bridgehead atoms. The third kappa shape index (κ3) is 4.15. The molecule has 0 fully saturated rings. The maximum atomic E-state index is 11.3.